The van der Waals surface area contributed by atoms with Crippen molar-refractivity contribution < 1.29 is 5.48 Å². The Morgan fingerprint density at radius 3 is 2.88 bits per heavy atom. The maximum Gasteiger partial charge on any atom is 0.0313 e. The summed E-state index contributed by atoms with van der Waals surface area (Å²) in [5, 5.41) is 0. The first-order valence-electron chi connectivity index (χ1n) is 4.57. The zero-order chi connectivity index (χ0) is 9.19. The van der Waals surface area contributed by atoms with Gasteiger partial charge in [0.05, 0.1) is 0 Å². The molecule has 0 aliphatic rings. The minimum Gasteiger partial charge on any atom is -0.0622 e. The van der Waals surface area contributed by atoms with Crippen LogP contribution in [-0.2, 0) is 6.40 Å². The summed E-state index contributed by atoms with van der Waals surface area (Å²) in [6, 6.07) is 8.59. The first kappa shape index (κ1) is 2.22. The van der Waals surface area contributed by atoms with Gasteiger partial charge in [0, 0.05) is 5.48 Å². The van der Waals surface area contributed by atoms with Crippen LogP contribution in [0.1, 0.15) is 17.9 Å². The van der Waals surface area contributed by atoms with Crippen LogP contribution < -0.4 is 0 Å². The highest BCUT2D eigenvalue weighted by Crippen LogP contribution is 1.96. The van der Waals surface area contributed by atoms with Gasteiger partial charge < -0.3 is 0 Å². The Labute approximate surface area is 55.8 Å². The zero-order valence-electron chi connectivity index (χ0n) is 8.46. The molecule has 0 saturated carbocycles. The second-order valence-electron chi connectivity index (χ2n) is 1.56. The maximum atomic E-state index is 7.40. The van der Waals surface area contributed by atoms with Crippen molar-refractivity contribution in [1.29, 1.82) is 0 Å². The molecule has 0 aliphatic heterocycles. The normalized spacial score (nSPS) is 22.0. The fourth-order valence-corrected chi connectivity index (χ4v) is 0.549. The van der Waals surface area contributed by atoms with Crippen LogP contribution >= 0.6 is 0 Å². The molecule has 1 aromatic rings. The summed E-state index contributed by atoms with van der Waals surface area (Å²) in [5.74, 6) is 0. The smallest absolute Gasteiger partial charge is 0.0313 e. The van der Waals surface area contributed by atoms with Gasteiger partial charge in [0.15, 0.2) is 0 Å². The van der Waals surface area contributed by atoms with Crippen LogP contribution in [0.15, 0.2) is 30.3 Å². The SMILES string of the molecule is [2H]C(c1ccccc1)C([2H])([2H])[2H]. The molecule has 0 N–H and O–H groups in total. The van der Waals surface area contributed by atoms with E-state index in [9.17, 15) is 0 Å². The lowest BCUT2D eigenvalue weighted by molar-refractivity contribution is 1.14. The van der Waals surface area contributed by atoms with Gasteiger partial charge in [0.25, 0.3) is 0 Å². The molecule has 1 rings (SSSR count). The van der Waals surface area contributed by atoms with Crippen LogP contribution in [0, 0.1) is 0 Å². The van der Waals surface area contributed by atoms with Gasteiger partial charge in [-0.1, -0.05) is 37.2 Å². The average molecular weight is 110 g/mol. The van der Waals surface area contributed by atoms with Gasteiger partial charge in [-0.15, -0.1) is 0 Å². The van der Waals surface area contributed by atoms with E-state index in [2.05, 4.69) is 0 Å². The topological polar surface area (TPSA) is 0 Å². The average Bonchev–Trinajstić information content (AvgIpc) is 2.03. The van der Waals surface area contributed by atoms with E-state index in [1.54, 1.807) is 30.3 Å². The van der Waals surface area contributed by atoms with Crippen molar-refractivity contribution in [2.75, 3.05) is 0 Å². The Bertz CT molecular complexity index is 239. The van der Waals surface area contributed by atoms with Gasteiger partial charge in [0.1, 0.15) is 0 Å². The van der Waals surface area contributed by atoms with Crippen LogP contribution in [0.4, 0.5) is 0 Å². The van der Waals surface area contributed by atoms with Crippen molar-refractivity contribution in [3.8, 4) is 0 Å². The summed E-state index contributed by atoms with van der Waals surface area (Å²) >= 11 is 0. The Kier molecular flexibility index (Phi) is 0.696. The molecule has 0 bridgehead atoms. The van der Waals surface area contributed by atoms with Gasteiger partial charge in [-0.2, -0.15) is 0 Å². The Balaban J connectivity index is 2.86. The Morgan fingerprint density at radius 1 is 1.50 bits per heavy atom. The zero-order valence-corrected chi connectivity index (χ0v) is 4.46. The van der Waals surface area contributed by atoms with Crippen molar-refractivity contribution >= 4 is 0 Å². The van der Waals surface area contributed by atoms with Gasteiger partial charge >= 0.3 is 0 Å². The molecule has 0 heterocycles. The minimum absolute atomic E-state index is 0.539. The van der Waals surface area contributed by atoms with Crippen LogP contribution in [0.2, 0.25) is 0 Å². The van der Waals surface area contributed by atoms with Crippen molar-refractivity contribution in [3.05, 3.63) is 35.9 Å². The molecule has 0 heteroatoms. The first-order chi connectivity index (χ1) is 5.52. The highest BCUT2D eigenvalue weighted by molar-refractivity contribution is 5.13. The fraction of sp³-hybridized carbons (Fsp3) is 0.250. The summed E-state index contributed by atoms with van der Waals surface area (Å²) in [6.07, 6.45) is -1.13. The molecule has 0 fully saturated rings. The Hall–Kier alpha value is -0.780. The van der Waals surface area contributed by atoms with Crippen LogP contribution in [-0.4, -0.2) is 0 Å². The van der Waals surface area contributed by atoms with Crippen molar-refractivity contribution in [2.24, 2.45) is 0 Å². The third kappa shape index (κ3) is 1.09. The number of hydrogen-bond donors (Lipinski definition) is 0. The van der Waals surface area contributed by atoms with Crippen LogP contribution in [0.25, 0.3) is 0 Å². The van der Waals surface area contributed by atoms with E-state index in [0.29, 0.717) is 5.56 Å². The molecular formula is C8H10. The van der Waals surface area contributed by atoms with E-state index >= 15 is 0 Å². The second kappa shape index (κ2) is 2.51. The first-order valence-corrected chi connectivity index (χ1v) is 2.49. The largest absolute Gasteiger partial charge is 0.0622 e. The molecule has 8 heavy (non-hydrogen) atoms. The predicted molar refractivity (Wildman–Crippen MR) is 35.8 cm³/mol. The molecule has 0 radical (unpaired) electrons. The van der Waals surface area contributed by atoms with E-state index < -0.39 is 13.2 Å². The molecule has 0 saturated heterocycles. The summed E-state index contributed by atoms with van der Waals surface area (Å²) in [7, 11) is 0. The maximum absolute atomic E-state index is 7.40. The summed E-state index contributed by atoms with van der Waals surface area (Å²) in [4.78, 5) is 0. The lowest BCUT2D eigenvalue weighted by atomic mass is 10.2. The standard InChI is InChI=1S/C8H10/c1-2-8-6-4-3-5-7-8/h3-7H,2H2,1H3/i1D3,2D. The number of hydrogen-bond acceptors (Lipinski definition) is 0. The molecule has 0 aromatic heterocycles. The van der Waals surface area contributed by atoms with Gasteiger partial charge in [-0.05, 0) is 12.0 Å². The van der Waals surface area contributed by atoms with Gasteiger partial charge in [-0.3, -0.25) is 0 Å². The number of rotatable bonds is 1. The third-order valence-corrected chi connectivity index (χ3v) is 0.966. The van der Waals surface area contributed by atoms with E-state index in [1.807, 2.05) is 0 Å². The van der Waals surface area contributed by atoms with Crippen molar-refractivity contribution in [2.45, 2.75) is 13.2 Å². The monoisotopic (exact) mass is 110 g/mol. The highest BCUT2D eigenvalue weighted by atomic mass is 13.9. The molecule has 0 amide bonds. The summed E-state index contributed by atoms with van der Waals surface area (Å²) in [6.45, 7) is -2.22. The van der Waals surface area contributed by atoms with Crippen LogP contribution in [0.5, 0.6) is 0 Å². The number of aryl methyl sites for hydroxylation is 1. The lowest BCUT2D eigenvalue weighted by Crippen LogP contribution is -1.73. The summed E-state index contributed by atoms with van der Waals surface area (Å²) < 4.78 is 28.5. The third-order valence-electron chi connectivity index (χ3n) is 0.966. The van der Waals surface area contributed by atoms with E-state index in [4.69, 9.17) is 5.48 Å². The Morgan fingerprint density at radius 2 is 2.25 bits per heavy atom. The minimum atomic E-state index is -2.22. The molecule has 1 aromatic carbocycles. The highest BCUT2D eigenvalue weighted by Gasteiger charge is 1.79. The van der Waals surface area contributed by atoms with E-state index in [-0.39, 0.29) is 0 Å². The molecule has 1 unspecified atom stereocenters. The molecule has 0 spiro atoms. The van der Waals surface area contributed by atoms with E-state index in [0.717, 1.165) is 0 Å². The lowest BCUT2D eigenvalue weighted by Gasteiger charge is -1.89. The van der Waals surface area contributed by atoms with Crippen molar-refractivity contribution in [3.63, 3.8) is 0 Å². The molecule has 0 aliphatic carbocycles. The number of benzene rings is 1. The molecular weight excluding hydrogens is 96.1 g/mol. The molecule has 0 nitrogen and oxygen atoms in total. The molecule has 42 valence electrons. The van der Waals surface area contributed by atoms with Crippen LogP contribution in [0.3, 0.4) is 0 Å². The quantitative estimate of drug-likeness (QED) is 0.520. The summed E-state index contributed by atoms with van der Waals surface area (Å²) in [5.41, 5.74) is 0.539. The fourth-order valence-electron chi connectivity index (χ4n) is 0.549. The predicted octanol–water partition coefficient (Wildman–Crippen LogP) is 2.25. The molecule has 1 atom stereocenters. The van der Waals surface area contributed by atoms with Crippen molar-refractivity contribution in [1.82, 2.24) is 0 Å². The van der Waals surface area contributed by atoms with Gasteiger partial charge in [-0.25, -0.2) is 0 Å². The van der Waals surface area contributed by atoms with Gasteiger partial charge in [0.2, 0.25) is 0 Å². The van der Waals surface area contributed by atoms with E-state index in [1.165, 1.54) is 0 Å². The second-order valence-corrected chi connectivity index (χ2v) is 1.56.